The molecule has 0 bridgehead atoms. The number of thioether (sulfide) groups is 1. The van der Waals surface area contributed by atoms with Crippen LogP contribution in [-0.2, 0) is 0 Å². The second kappa shape index (κ2) is 5.87. The molecule has 13 heavy (non-hydrogen) atoms. The van der Waals surface area contributed by atoms with Crippen molar-refractivity contribution in [3.05, 3.63) is 42.5 Å². The highest BCUT2D eigenvalue weighted by Crippen LogP contribution is 2.19. The van der Waals surface area contributed by atoms with Gasteiger partial charge in [0.05, 0.1) is 0 Å². The lowest BCUT2D eigenvalue weighted by Gasteiger charge is -2.00. The second-order valence-electron chi connectivity index (χ2n) is 3.09. The zero-order valence-electron chi connectivity index (χ0n) is 8.12. The Morgan fingerprint density at radius 3 is 2.62 bits per heavy atom. The summed E-state index contributed by atoms with van der Waals surface area (Å²) in [6.45, 7) is 5.82. The summed E-state index contributed by atoms with van der Waals surface area (Å²) in [5.41, 5.74) is 1.33. The molecule has 0 radical (unpaired) electrons. The lowest BCUT2D eigenvalue weighted by molar-refractivity contribution is 0.974. The van der Waals surface area contributed by atoms with Gasteiger partial charge < -0.3 is 0 Å². The van der Waals surface area contributed by atoms with Crippen molar-refractivity contribution in [1.29, 1.82) is 0 Å². The molecule has 0 nitrogen and oxygen atoms in total. The molecule has 0 aromatic heterocycles. The van der Waals surface area contributed by atoms with Crippen LogP contribution in [0.1, 0.15) is 18.4 Å². The Bertz CT molecular complexity index is 248. The van der Waals surface area contributed by atoms with E-state index in [1.165, 1.54) is 22.6 Å². The predicted octanol–water partition coefficient (Wildman–Crippen LogP) is 4.05. The molecule has 0 fully saturated rings. The zero-order chi connectivity index (χ0) is 9.52. The third-order valence-corrected chi connectivity index (χ3v) is 2.94. The van der Waals surface area contributed by atoms with Gasteiger partial charge in [-0.05, 0) is 37.7 Å². The molecule has 0 aliphatic rings. The molecule has 0 N–H and O–H groups in total. The minimum atomic E-state index is 1.12. The number of aryl methyl sites for hydroxylation is 1. The van der Waals surface area contributed by atoms with Crippen LogP contribution >= 0.6 is 11.8 Å². The molecule has 0 aliphatic heterocycles. The van der Waals surface area contributed by atoms with Crippen LogP contribution in [0.3, 0.4) is 0 Å². The van der Waals surface area contributed by atoms with Crippen LogP contribution in [0.4, 0.5) is 0 Å². The largest absolute Gasteiger partial charge is 0.126 e. The molecular weight excluding hydrogens is 176 g/mol. The molecule has 0 unspecified atom stereocenters. The molecule has 0 saturated heterocycles. The van der Waals surface area contributed by atoms with Crippen molar-refractivity contribution in [1.82, 2.24) is 0 Å². The topological polar surface area (TPSA) is 0 Å². The Balaban J connectivity index is 2.28. The van der Waals surface area contributed by atoms with Crippen molar-refractivity contribution in [2.45, 2.75) is 24.7 Å². The predicted molar refractivity (Wildman–Crippen MR) is 61.3 cm³/mol. The Morgan fingerprint density at radius 2 is 2.00 bits per heavy atom. The SMILES string of the molecule is C=CCCCSc1ccc(C)cc1. The first-order valence-electron chi connectivity index (χ1n) is 4.63. The molecule has 1 rings (SSSR count). The van der Waals surface area contributed by atoms with E-state index in [2.05, 4.69) is 37.8 Å². The zero-order valence-corrected chi connectivity index (χ0v) is 8.94. The molecule has 0 saturated carbocycles. The van der Waals surface area contributed by atoms with Gasteiger partial charge in [-0.1, -0.05) is 23.8 Å². The average Bonchev–Trinajstić information content (AvgIpc) is 2.15. The van der Waals surface area contributed by atoms with Crippen LogP contribution in [0.25, 0.3) is 0 Å². The Labute approximate surface area is 85.1 Å². The molecule has 70 valence electrons. The summed E-state index contributed by atoms with van der Waals surface area (Å²) in [6.07, 6.45) is 4.33. The summed E-state index contributed by atoms with van der Waals surface area (Å²) in [6, 6.07) is 8.70. The van der Waals surface area contributed by atoms with E-state index in [9.17, 15) is 0 Å². The van der Waals surface area contributed by atoms with Crippen LogP contribution in [0, 0.1) is 6.92 Å². The van der Waals surface area contributed by atoms with Gasteiger partial charge in [0.25, 0.3) is 0 Å². The van der Waals surface area contributed by atoms with Crippen molar-refractivity contribution in [2.24, 2.45) is 0 Å². The van der Waals surface area contributed by atoms with E-state index in [1.807, 2.05) is 17.8 Å². The number of benzene rings is 1. The normalized spacial score (nSPS) is 9.92. The summed E-state index contributed by atoms with van der Waals surface area (Å²) in [5.74, 6) is 1.19. The number of rotatable bonds is 5. The van der Waals surface area contributed by atoms with E-state index in [0.29, 0.717) is 0 Å². The maximum absolute atomic E-state index is 3.71. The van der Waals surface area contributed by atoms with Crippen molar-refractivity contribution in [2.75, 3.05) is 5.75 Å². The minimum absolute atomic E-state index is 1.12. The van der Waals surface area contributed by atoms with Crippen molar-refractivity contribution in [3.63, 3.8) is 0 Å². The first-order valence-corrected chi connectivity index (χ1v) is 5.62. The number of unbranched alkanes of at least 4 members (excludes halogenated alkanes) is 1. The first kappa shape index (κ1) is 10.4. The van der Waals surface area contributed by atoms with E-state index in [-0.39, 0.29) is 0 Å². The van der Waals surface area contributed by atoms with Crippen molar-refractivity contribution >= 4 is 11.8 Å². The third-order valence-electron chi connectivity index (χ3n) is 1.84. The van der Waals surface area contributed by atoms with Gasteiger partial charge in [-0.15, -0.1) is 18.3 Å². The van der Waals surface area contributed by atoms with Crippen molar-refractivity contribution in [3.8, 4) is 0 Å². The van der Waals surface area contributed by atoms with Crippen LogP contribution in [0.15, 0.2) is 41.8 Å². The summed E-state index contributed by atoms with van der Waals surface area (Å²) >= 11 is 1.92. The summed E-state index contributed by atoms with van der Waals surface area (Å²) in [5, 5.41) is 0. The maximum atomic E-state index is 3.71. The quantitative estimate of drug-likeness (QED) is 0.385. The number of allylic oxidation sites excluding steroid dienone is 1. The lowest BCUT2D eigenvalue weighted by atomic mass is 10.2. The third kappa shape index (κ3) is 4.18. The monoisotopic (exact) mass is 192 g/mol. The number of hydrogen-bond donors (Lipinski definition) is 0. The molecule has 1 aromatic carbocycles. The molecule has 0 heterocycles. The Kier molecular flexibility index (Phi) is 4.69. The number of hydrogen-bond acceptors (Lipinski definition) is 1. The van der Waals surface area contributed by atoms with Gasteiger partial charge in [0.2, 0.25) is 0 Å². The van der Waals surface area contributed by atoms with Crippen LogP contribution in [0.2, 0.25) is 0 Å². The maximum Gasteiger partial charge on any atom is 0.00721 e. The van der Waals surface area contributed by atoms with Gasteiger partial charge >= 0.3 is 0 Å². The van der Waals surface area contributed by atoms with E-state index in [1.54, 1.807) is 0 Å². The average molecular weight is 192 g/mol. The van der Waals surface area contributed by atoms with Crippen LogP contribution < -0.4 is 0 Å². The minimum Gasteiger partial charge on any atom is -0.126 e. The molecule has 0 spiro atoms. The van der Waals surface area contributed by atoms with Crippen molar-refractivity contribution < 1.29 is 0 Å². The van der Waals surface area contributed by atoms with E-state index in [4.69, 9.17) is 0 Å². The fourth-order valence-electron chi connectivity index (χ4n) is 1.05. The van der Waals surface area contributed by atoms with E-state index < -0.39 is 0 Å². The van der Waals surface area contributed by atoms with Gasteiger partial charge in [-0.3, -0.25) is 0 Å². The fraction of sp³-hybridized carbons (Fsp3) is 0.333. The molecule has 0 amide bonds. The second-order valence-corrected chi connectivity index (χ2v) is 4.26. The summed E-state index contributed by atoms with van der Waals surface area (Å²) < 4.78 is 0. The van der Waals surface area contributed by atoms with E-state index >= 15 is 0 Å². The van der Waals surface area contributed by atoms with Gasteiger partial charge in [-0.2, -0.15) is 0 Å². The Hall–Kier alpha value is -0.690. The summed E-state index contributed by atoms with van der Waals surface area (Å²) in [7, 11) is 0. The molecule has 0 aliphatic carbocycles. The van der Waals surface area contributed by atoms with Crippen LogP contribution in [-0.4, -0.2) is 5.75 Å². The molecule has 1 aromatic rings. The standard InChI is InChI=1S/C12H16S/c1-3-4-5-10-13-12-8-6-11(2)7-9-12/h3,6-9H,1,4-5,10H2,2H3. The van der Waals surface area contributed by atoms with Gasteiger partial charge in [0.15, 0.2) is 0 Å². The smallest absolute Gasteiger partial charge is 0.00721 e. The van der Waals surface area contributed by atoms with E-state index in [0.717, 1.165) is 6.42 Å². The Morgan fingerprint density at radius 1 is 1.31 bits per heavy atom. The molecular formula is C12H16S. The van der Waals surface area contributed by atoms with Gasteiger partial charge in [-0.25, -0.2) is 0 Å². The highest BCUT2D eigenvalue weighted by atomic mass is 32.2. The lowest BCUT2D eigenvalue weighted by Crippen LogP contribution is -1.79. The van der Waals surface area contributed by atoms with Gasteiger partial charge in [0, 0.05) is 4.90 Å². The summed E-state index contributed by atoms with van der Waals surface area (Å²) in [4.78, 5) is 1.37. The van der Waals surface area contributed by atoms with Gasteiger partial charge in [0.1, 0.15) is 0 Å². The molecule has 1 heteroatoms. The fourth-order valence-corrected chi connectivity index (χ4v) is 1.93. The molecule has 0 atom stereocenters. The highest BCUT2D eigenvalue weighted by molar-refractivity contribution is 7.99. The first-order chi connectivity index (χ1) is 6.33. The highest BCUT2D eigenvalue weighted by Gasteiger charge is 1.92. The van der Waals surface area contributed by atoms with Crippen LogP contribution in [0.5, 0.6) is 0 Å².